The molecule has 0 aromatic heterocycles. The third-order valence-corrected chi connectivity index (χ3v) is 3.36. The molecule has 0 radical (unpaired) electrons. The van der Waals surface area contributed by atoms with Crippen LogP contribution in [0, 0.1) is 0 Å². The lowest BCUT2D eigenvalue weighted by Gasteiger charge is -2.01. The van der Waals surface area contributed by atoms with Crippen molar-refractivity contribution in [2.24, 2.45) is 10.9 Å². The van der Waals surface area contributed by atoms with Gasteiger partial charge in [-0.25, -0.2) is 0 Å². The summed E-state index contributed by atoms with van der Waals surface area (Å²) in [6, 6.07) is 8.33. The molecule has 2 N–H and O–H groups in total. The molecule has 2 rings (SSSR count). The van der Waals surface area contributed by atoms with Crippen molar-refractivity contribution < 1.29 is 0 Å². The van der Waals surface area contributed by atoms with E-state index < -0.39 is 0 Å². The summed E-state index contributed by atoms with van der Waals surface area (Å²) in [5.74, 6) is 5.64. The highest BCUT2D eigenvalue weighted by atomic mass is 32.2. The van der Waals surface area contributed by atoms with Crippen LogP contribution in [0.2, 0.25) is 0 Å². The average Bonchev–Trinajstić information content (AvgIpc) is 2.44. The Morgan fingerprint density at radius 1 is 1.42 bits per heavy atom. The van der Waals surface area contributed by atoms with Gasteiger partial charge in [0, 0.05) is 10.8 Å². The van der Waals surface area contributed by atoms with Gasteiger partial charge in [-0.15, -0.1) is 0 Å². The predicted octanol–water partition coefficient (Wildman–Crippen LogP) is 2.17. The van der Waals surface area contributed by atoms with Crippen molar-refractivity contribution in [1.29, 1.82) is 0 Å². The lowest BCUT2D eigenvalue weighted by atomic mass is 10.0. The molecule has 0 fully saturated rings. The van der Waals surface area contributed by atoms with E-state index in [9.17, 15) is 0 Å². The maximum atomic E-state index is 5.27. The fraction of sp³-hybridized carbons (Fsp3) is 0.222. The van der Waals surface area contributed by atoms with Crippen molar-refractivity contribution in [3.8, 4) is 0 Å². The van der Waals surface area contributed by atoms with Crippen molar-refractivity contribution in [1.82, 2.24) is 0 Å². The number of nitrogens with two attached hydrogens (primary N) is 1. The summed E-state index contributed by atoms with van der Waals surface area (Å²) in [4.78, 5) is 1.29. The summed E-state index contributed by atoms with van der Waals surface area (Å²) < 4.78 is 0. The van der Waals surface area contributed by atoms with Gasteiger partial charge in [-0.2, -0.15) is 5.10 Å². The van der Waals surface area contributed by atoms with E-state index in [0.29, 0.717) is 5.92 Å². The molecule has 0 spiro atoms. The lowest BCUT2D eigenvalue weighted by molar-refractivity contribution is 1.00. The third kappa shape index (κ3) is 1.01. The zero-order chi connectivity index (χ0) is 8.55. The summed E-state index contributed by atoms with van der Waals surface area (Å²) in [5, 5.41) is 4.77. The molecule has 0 amide bonds. The summed E-state index contributed by atoms with van der Waals surface area (Å²) >= 11 is 1.67. The average molecular weight is 178 g/mol. The Labute approximate surface area is 75.8 Å². The molecule has 2 nitrogen and oxygen atoms in total. The smallest absolute Gasteiger partial charge is 0.105 e. The predicted molar refractivity (Wildman–Crippen MR) is 52.3 cm³/mol. The molecule has 1 aliphatic heterocycles. The fourth-order valence-corrected chi connectivity index (χ4v) is 2.49. The van der Waals surface area contributed by atoms with E-state index in [1.165, 1.54) is 10.5 Å². The van der Waals surface area contributed by atoms with E-state index in [0.717, 1.165) is 5.04 Å². The molecule has 12 heavy (non-hydrogen) atoms. The van der Waals surface area contributed by atoms with E-state index in [1.807, 2.05) is 6.07 Å². The molecule has 0 saturated heterocycles. The SMILES string of the molecule is CC1/C(=N/N)Sc2ccccc21. The van der Waals surface area contributed by atoms with Crippen LogP contribution in [0.5, 0.6) is 0 Å². The second-order valence-corrected chi connectivity index (χ2v) is 3.89. The van der Waals surface area contributed by atoms with Crippen LogP contribution >= 0.6 is 11.8 Å². The van der Waals surface area contributed by atoms with Crippen LogP contribution in [0.1, 0.15) is 18.4 Å². The third-order valence-electron chi connectivity index (χ3n) is 2.10. The van der Waals surface area contributed by atoms with Crippen LogP contribution < -0.4 is 5.84 Å². The molecule has 0 bridgehead atoms. The molecule has 0 saturated carbocycles. The highest BCUT2D eigenvalue weighted by Crippen LogP contribution is 2.40. The van der Waals surface area contributed by atoms with Gasteiger partial charge in [0.05, 0.1) is 0 Å². The normalized spacial score (nSPS) is 24.4. The first-order chi connectivity index (χ1) is 5.83. The monoisotopic (exact) mass is 178 g/mol. The minimum Gasteiger partial charge on any atom is -0.322 e. The van der Waals surface area contributed by atoms with Crippen molar-refractivity contribution in [3.63, 3.8) is 0 Å². The van der Waals surface area contributed by atoms with Gasteiger partial charge in [-0.05, 0) is 11.6 Å². The van der Waals surface area contributed by atoms with Crippen LogP contribution in [0.15, 0.2) is 34.3 Å². The van der Waals surface area contributed by atoms with Gasteiger partial charge in [0.15, 0.2) is 0 Å². The lowest BCUT2D eigenvalue weighted by Crippen LogP contribution is -2.00. The Morgan fingerprint density at radius 3 is 2.83 bits per heavy atom. The molecule has 3 heteroatoms. The molecule has 62 valence electrons. The maximum absolute atomic E-state index is 5.27. The van der Waals surface area contributed by atoms with Crippen LogP contribution in [0.3, 0.4) is 0 Å². The summed E-state index contributed by atoms with van der Waals surface area (Å²) in [5.41, 5.74) is 1.34. The Bertz CT molecular complexity index is 333. The van der Waals surface area contributed by atoms with Crippen LogP contribution in [0.4, 0.5) is 0 Å². The first kappa shape index (κ1) is 7.68. The molecular formula is C9H10N2S. The topological polar surface area (TPSA) is 38.4 Å². The Kier molecular flexibility index (Phi) is 1.81. The van der Waals surface area contributed by atoms with Gasteiger partial charge in [0.1, 0.15) is 5.04 Å². The first-order valence-electron chi connectivity index (χ1n) is 3.87. The molecule has 1 aromatic rings. The number of thioether (sulfide) groups is 1. The number of benzene rings is 1. The largest absolute Gasteiger partial charge is 0.322 e. The first-order valence-corrected chi connectivity index (χ1v) is 4.69. The van der Waals surface area contributed by atoms with Gasteiger partial charge < -0.3 is 5.84 Å². The zero-order valence-corrected chi connectivity index (χ0v) is 7.64. The Hall–Kier alpha value is -0.960. The van der Waals surface area contributed by atoms with Gasteiger partial charge in [-0.3, -0.25) is 0 Å². The maximum Gasteiger partial charge on any atom is 0.105 e. The van der Waals surface area contributed by atoms with Crippen molar-refractivity contribution in [2.45, 2.75) is 17.7 Å². The standard InChI is InChI=1S/C9H10N2S/c1-6-7-4-2-3-5-8(7)12-9(6)11-10/h2-6H,10H2,1H3/b11-9-. The van der Waals surface area contributed by atoms with E-state index >= 15 is 0 Å². The number of hydrogen-bond donors (Lipinski definition) is 1. The number of nitrogens with zero attached hydrogens (tertiary/aromatic N) is 1. The molecule has 1 atom stereocenters. The van der Waals surface area contributed by atoms with Gasteiger partial charge in [-0.1, -0.05) is 36.9 Å². The van der Waals surface area contributed by atoms with Gasteiger partial charge in [0.2, 0.25) is 0 Å². The van der Waals surface area contributed by atoms with Crippen molar-refractivity contribution in [3.05, 3.63) is 29.8 Å². The van der Waals surface area contributed by atoms with Crippen LogP contribution in [-0.4, -0.2) is 5.04 Å². The quantitative estimate of drug-likeness (QED) is 0.488. The Morgan fingerprint density at radius 2 is 2.17 bits per heavy atom. The molecule has 1 aliphatic rings. The van der Waals surface area contributed by atoms with E-state index in [-0.39, 0.29) is 0 Å². The number of hydrogen-bond acceptors (Lipinski definition) is 3. The number of fused-ring (bicyclic) bond motifs is 1. The van der Waals surface area contributed by atoms with E-state index in [1.54, 1.807) is 11.8 Å². The molecule has 1 heterocycles. The summed E-state index contributed by atoms with van der Waals surface area (Å²) in [6.07, 6.45) is 0. The second-order valence-electron chi connectivity index (χ2n) is 2.83. The molecule has 0 aliphatic carbocycles. The number of rotatable bonds is 0. The minimum absolute atomic E-state index is 0.371. The summed E-state index contributed by atoms with van der Waals surface area (Å²) in [7, 11) is 0. The van der Waals surface area contributed by atoms with Crippen LogP contribution in [-0.2, 0) is 0 Å². The molecule has 1 unspecified atom stereocenters. The van der Waals surface area contributed by atoms with E-state index in [2.05, 4.69) is 30.2 Å². The minimum atomic E-state index is 0.371. The van der Waals surface area contributed by atoms with Crippen molar-refractivity contribution >= 4 is 16.8 Å². The van der Waals surface area contributed by atoms with Gasteiger partial charge in [0.25, 0.3) is 0 Å². The number of hydrazone groups is 1. The molecule has 1 aromatic carbocycles. The van der Waals surface area contributed by atoms with E-state index in [4.69, 9.17) is 5.84 Å². The highest BCUT2D eigenvalue weighted by molar-refractivity contribution is 8.14. The zero-order valence-electron chi connectivity index (χ0n) is 6.82. The van der Waals surface area contributed by atoms with Gasteiger partial charge >= 0.3 is 0 Å². The fourth-order valence-electron chi connectivity index (χ4n) is 1.40. The molecular weight excluding hydrogens is 168 g/mol. The van der Waals surface area contributed by atoms with Crippen molar-refractivity contribution in [2.75, 3.05) is 0 Å². The van der Waals surface area contributed by atoms with Crippen LogP contribution in [0.25, 0.3) is 0 Å². The Balaban J connectivity index is 2.49. The highest BCUT2D eigenvalue weighted by Gasteiger charge is 2.24. The summed E-state index contributed by atoms with van der Waals surface area (Å²) in [6.45, 7) is 2.13. The second kappa shape index (κ2) is 2.83.